The summed E-state index contributed by atoms with van der Waals surface area (Å²) >= 11 is 5.75. The molecule has 0 fully saturated rings. The molecule has 0 saturated carbocycles. The highest BCUT2D eigenvalue weighted by atomic mass is 35.5. The minimum absolute atomic E-state index is 0.0681. The van der Waals surface area contributed by atoms with Gasteiger partial charge in [0.25, 0.3) is 5.69 Å². The Morgan fingerprint density at radius 3 is 2.48 bits per heavy atom. The van der Waals surface area contributed by atoms with Crippen LogP contribution >= 0.6 is 11.6 Å². The summed E-state index contributed by atoms with van der Waals surface area (Å²) in [5.41, 5.74) is 1.46. The largest absolute Gasteiger partial charge is 0.481 e. The van der Waals surface area contributed by atoms with E-state index >= 15 is 0 Å². The molecule has 6 nitrogen and oxygen atoms in total. The first kappa shape index (κ1) is 14.8. The molecule has 108 valence electrons. The number of carboxylic acids is 1. The molecule has 2 rings (SSSR count). The fraction of sp³-hybridized carbons (Fsp3) is 0.0714. The second-order valence-electron chi connectivity index (χ2n) is 4.31. The van der Waals surface area contributed by atoms with Crippen molar-refractivity contribution in [1.29, 1.82) is 0 Å². The highest BCUT2D eigenvalue weighted by Crippen LogP contribution is 2.30. The molecule has 0 aliphatic carbocycles. The number of carboxylic acid groups (broad SMARTS) is 1. The van der Waals surface area contributed by atoms with E-state index in [0.717, 1.165) is 0 Å². The van der Waals surface area contributed by atoms with Crippen molar-refractivity contribution in [2.24, 2.45) is 0 Å². The zero-order valence-electron chi connectivity index (χ0n) is 10.7. The minimum Gasteiger partial charge on any atom is -0.481 e. The number of carbonyl (C=O) groups is 1. The molecule has 2 aromatic rings. The molecule has 2 aromatic carbocycles. The molecule has 0 unspecified atom stereocenters. The quantitative estimate of drug-likeness (QED) is 0.650. The van der Waals surface area contributed by atoms with Gasteiger partial charge in [0.1, 0.15) is 5.69 Å². The fourth-order valence-electron chi connectivity index (χ4n) is 1.80. The van der Waals surface area contributed by atoms with Gasteiger partial charge in [-0.05, 0) is 29.8 Å². The maximum atomic E-state index is 11.0. The number of aliphatic carboxylic acids is 1. The van der Waals surface area contributed by atoms with E-state index in [9.17, 15) is 14.9 Å². The van der Waals surface area contributed by atoms with Crippen LogP contribution < -0.4 is 5.32 Å². The summed E-state index contributed by atoms with van der Waals surface area (Å²) in [5, 5.41) is 22.9. The summed E-state index contributed by atoms with van der Waals surface area (Å²) in [6, 6.07) is 11.0. The van der Waals surface area contributed by atoms with Crippen LogP contribution in [0.4, 0.5) is 17.1 Å². The second kappa shape index (κ2) is 6.23. The van der Waals surface area contributed by atoms with Gasteiger partial charge >= 0.3 is 5.97 Å². The summed E-state index contributed by atoms with van der Waals surface area (Å²) in [7, 11) is 0. The first-order valence-corrected chi connectivity index (χ1v) is 6.35. The molecule has 0 aliphatic rings. The molecule has 0 heterocycles. The Balaban J connectivity index is 2.22. The Labute approximate surface area is 125 Å². The van der Waals surface area contributed by atoms with Gasteiger partial charge in [-0.3, -0.25) is 14.9 Å². The number of hydrogen-bond donors (Lipinski definition) is 2. The van der Waals surface area contributed by atoms with Crippen LogP contribution in [0.2, 0.25) is 5.02 Å². The van der Waals surface area contributed by atoms with Crippen molar-refractivity contribution < 1.29 is 14.8 Å². The number of nitrogens with one attached hydrogen (secondary N) is 1. The average Bonchev–Trinajstić information content (AvgIpc) is 2.42. The van der Waals surface area contributed by atoms with E-state index in [-0.39, 0.29) is 17.1 Å². The van der Waals surface area contributed by atoms with E-state index in [1.165, 1.54) is 12.1 Å². The van der Waals surface area contributed by atoms with Gasteiger partial charge in [0.15, 0.2) is 0 Å². The molecule has 0 aromatic heterocycles. The molecule has 2 N–H and O–H groups in total. The Bertz CT molecular complexity index is 686. The standard InChI is InChI=1S/C14H11ClN2O4/c15-10-3-6-12(13(8-10)17(20)21)16-11-4-1-9(2-5-11)7-14(18)19/h1-6,8,16H,7H2,(H,18,19). The third-order valence-corrected chi connectivity index (χ3v) is 2.98. The maximum Gasteiger partial charge on any atom is 0.307 e. The van der Waals surface area contributed by atoms with E-state index in [4.69, 9.17) is 16.7 Å². The fourth-order valence-corrected chi connectivity index (χ4v) is 1.96. The zero-order chi connectivity index (χ0) is 15.4. The Hall–Kier alpha value is -2.60. The molecule has 0 amide bonds. The molecule has 0 spiro atoms. The third kappa shape index (κ3) is 3.93. The van der Waals surface area contributed by atoms with Crippen LogP contribution in [0.3, 0.4) is 0 Å². The van der Waals surface area contributed by atoms with Crippen LogP contribution in [-0.4, -0.2) is 16.0 Å². The van der Waals surface area contributed by atoms with Crippen LogP contribution in [-0.2, 0) is 11.2 Å². The van der Waals surface area contributed by atoms with Gasteiger partial charge in [0.2, 0.25) is 0 Å². The van der Waals surface area contributed by atoms with Crippen molar-refractivity contribution in [2.75, 3.05) is 5.32 Å². The average molecular weight is 307 g/mol. The van der Waals surface area contributed by atoms with Crippen molar-refractivity contribution in [3.05, 3.63) is 63.2 Å². The van der Waals surface area contributed by atoms with Crippen LogP contribution in [0.5, 0.6) is 0 Å². The molecule has 0 bridgehead atoms. The summed E-state index contributed by atoms with van der Waals surface area (Å²) in [6.45, 7) is 0. The summed E-state index contributed by atoms with van der Waals surface area (Å²) in [6.07, 6.45) is -0.0681. The number of hydrogen-bond acceptors (Lipinski definition) is 4. The van der Waals surface area contributed by atoms with Crippen molar-refractivity contribution in [2.45, 2.75) is 6.42 Å². The molecular formula is C14H11ClN2O4. The van der Waals surface area contributed by atoms with Gasteiger partial charge in [-0.2, -0.15) is 0 Å². The highest BCUT2D eigenvalue weighted by molar-refractivity contribution is 6.30. The SMILES string of the molecule is O=C(O)Cc1ccc(Nc2ccc(Cl)cc2[N+](=O)[O-])cc1. The normalized spacial score (nSPS) is 10.1. The van der Waals surface area contributed by atoms with E-state index in [1.807, 2.05) is 0 Å². The lowest BCUT2D eigenvalue weighted by molar-refractivity contribution is -0.383. The van der Waals surface area contributed by atoms with Gasteiger partial charge in [0.05, 0.1) is 11.3 Å². The van der Waals surface area contributed by atoms with Crippen LogP contribution in [0, 0.1) is 10.1 Å². The lowest BCUT2D eigenvalue weighted by Crippen LogP contribution is -2.00. The molecule has 0 radical (unpaired) electrons. The number of benzene rings is 2. The van der Waals surface area contributed by atoms with Crippen LogP contribution in [0.15, 0.2) is 42.5 Å². The molecule has 0 aliphatic heterocycles. The van der Waals surface area contributed by atoms with Gasteiger partial charge < -0.3 is 10.4 Å². The number of nitro groups is 1. The van der Waals surface area contributed by atoms with Crippen molar-refractivity contribution in [1.82, 2.24) is 0 Å². The van der Waals surface area contributed by atoms with Crippen molar-refractivity contribution in [3.8, 4) is 0 Å². The van der Waals surface area contributed by atoms with E-state index in [2.05, 4.69) is 5.32 Å². The van der Waals surface area contributed by atoms with Crippen LogP contribution in [0.1, 0.15) is 5.56 Å². The summed E-state index contributed by atoms with van der Waals surface area (Å²) in [5.74, 6) is -0.913. The topological polar surface area (TPSA) is 92.5 Å². The molecular weight excluding hydrogens is 296 g/mol. The summed E-state index contributed by atoms with van der Waals surface area (Å²) in [4.78, 5) is 21.1. The predicted molar refractivity (Wildman–Crippen MR) is 79.2 cm³/mol. The monoisotopic (exact) mass is 306 g/mol. The minimum atomic E-state index is -0.913. The first-order valence-electron chi connectivity index (χ1n) is 5.97. The lowest BCUT2D eigenvalue weighted by atomic mass is 10.1. The van der Waals surface area contributed by atoms with Crippen molar-refractivity contribution >= 4 is 34.6 Å². The number of anilines is 2. The number of rotatable bonds is 5. The van der Waals surface area contributed by atoms with E-state index in [1.54, 1.807) is 30.3 Å². The zero-order valence-corrected chi connectivity index (χ0v) is 11.5. The van der Waals surface area contributed by atoms with Gasteiger partial charge in [-0.1, -0.05) is 23.7 Å². The van der Waals surface area contributed by atoms with Gasteiger partial charge in [0, 0.05) is 16.8 Å². The van der Waals surface area contributed by atoms with Gasteiger partial charge in [-0.15, -0.1) is 0 Å². The van der Waals surface area contributed by atoms with Crippen LogP contribution in [0.25, 0.3) is 0 Å². The number of halogens is 1. The number of nitro benzene ring substituents is 1. The van der Waals surface area contributed by atoms with E-state index in [0.29, 0.717) is 16.9 Å². The smallest absolute Gasteiger partial charge is 0.307 e. The Morgan fingerprint density at radius 1 is 1.24 bits per heavy atom. The maximum absolute atomic E-state index is 11.0. The third-order valence-electron chi connectivity index (χ3n) is 2.74. The first-order chi connectivity index (χ1) is 9.95. The number of nitrogens with zero attached hydrogens (tertiary/aromatic N) is 1. The molecule has 21 heavy (non-hydrogen) atoms. The Kier molecular flexibility index (Phi) is 4.39. The summed E-state index contributed by atoms with van der Waals surface area (Å²) < 4.78 is 0. The van der Waals surface area contributed by atoms with E-state index < -0.39 is 10.9 Å². The molecule has 7 heteroatoms. The highest BCUT2D eigenvalue weighted by Gasteiger charge is 2.14. The van der Waals surface area contributed by atoms with Gasteiger partial charge in [-0.25, -0.2) is 0 Å². The Morgan fingerprint density at radius 2 is 1.90 bits per heavy atom. The predicted octanol–water partition coefficient (Wildman–Crippen LogP) is 3.62. The molecule has 0 saturated heterocycles. The van der Waals surface area contributed by atoms with Crippen molar-refractivity contribution in [3.63, 3.8) is 0 Å². The molecule has 0 atom stereocenters. The second-order valence-corrected chi connectivity index (χ2v) is 4.75. The lowest BCUT2D eigenvalue weighted by Gasteiger charge is -2.08.